The Bertz CT molecular complexity index is 1020. The SMILES string of the molecule is Cn1ccnc1Sc1ccc(Cl)cc1NC(=O)COc1ccc(CC(N)=O)cc1. The fraction of sp³-hybridized carbons (Fsp3) is 0.150. The molecule has 7 nitrogen and oxygen atoms in total. The van der Waals surface area contributed by atoms with Crippen LogP contribution in [0.4, 0.5) is 5.69 Å². The Balaban J connectivity index is 1.62. The molecule has 3 aromatic rings. The van der Waals surface area contributed by atoms with E-state index in [0.29, 0.717) is 16.5 Å². The zero-order valence-electron chi connectivity index (χ0n) is 15.6. The van der Waals surface area contributed by atoms with Crippen LogP contribution >= 0.6 is 23.4 Å². The van der Waals surface area contributed by atoms with E-state index < -0.39 is 5.91 Å². The number of halogens is 1. The van der Waals surface area contributed by atoms with E-state index in [1.165, 1.54) is 11.8 Å². The zero-order chi connectivity index (χ0) is 20.8. The molecule has 0 aliphatic rings. The summed E-state index contributed by atoms with van der Waals surface area (Å²) in [6.45, 7) is -0.172. The number of imidazole rings is 1. The Kier molecular flexibility index (Phi) is 6.79. The first-order valence-electron chi connectivity index (χ1n) is 8.65. The predicted molar refractivity (Wildman–Crippen MR) is 112 cm³/mol. The molecule has 9 heteroatoms. The summed E-state index contributed by atoms with van der Waals surface area (Å²) in [5.74, 6) is -0.212. The van der Waals surface area contributed by atoms with Gasteiger partial charge in [0.15, 0.2) is 11.8 Å². The summed E-state index contributed by atoms with van der Waals surface area (Å²) in [6, 6.07) is 12.1. The molecule has 0 aliphatic heterocycles. The molecule has 1 aromatic heterocycles. The molecule has 150 valence electrons. The van der Waals surface area contributed by atoms with Crippen molar-refractivity contribution >= 4 is 40.9 Å². The standard InChI is InChI=1S/C20H19ClN4O3S/c1-25-9-8-23-20(25)29-17-7-4-14(21)11-16(17)24-19(27)12-28-15-5-2-13(3-6-15)10-18(22)26/h2-9,11H,10,12H2,1H3,(H2,22,26)(H,24,27). The smallest absolute Gasteiger partial charge is 0.262 e. The summed E-state index contributed by atoms with van der Waals surface area (Å²) in [5.41, 5.74) is 6.53. The second-order valence-electron chi connectivity index (χ2n) is 6.19. The number of aryl methyl sites for hydroxylation is 1. The Morgan fingerprint density at radius 2 is 2.00 bits per heavy atom. The number of nitrogens with one attached hydrogen (secondary N) is 1. The quantitative estimate of drug-likeness (QED) is 0.571. The van der Waals surface area contributed by atoms with Crippen molar-refractivity contribution in [2.24, 2.45) is 12.8 Å². The van der Waals surface area contributed by atoms with Gasteiger partial charge in [-0.3, -0.25) is 9.59 Å². The number of amides is 2. The highest BCUT2D eigenvalue weighted by Crippen LogP contribution is 2.34. The molecule has 1 heterocycles. The molecule has 0 saturated heterocycles. The summed E-state index contributed by atoms with van der Waals surface area (Å²) in [4.78, 5) is 28.4. The molecule has 0 unspecified atom stereocenters. The maximum absolute atomic E-state index is 12.4. The molecule has 0 saturated carbocycles. The lowest BCUT2D eigenvalue weighted by molar-refractivity contribution is -0.118. The fourth-order valence-electron chi connectivity index (χ4n) is 2.48. The van der Waals surface area contributed by atoms with Crippen LogP contribution in [0.25, 0.3) is 0 Å². The van der Waals surface area contributed by atoms with Crippen LogP contribution in [0.15, 0.2) is 64.9 Å². The van der Waals surface area contributed by atoms with Crippen molar-refractivity contribution in [3.63, 3.8) is 0 Å². The van der Waals surface area contributed by atoms with Crippen LogP contribution in [0.1, 0.15) is 5.56 Å². The number of ether oxygens (including phenoxy) is 1. The number of primary amides is 1. The third-order valence-corrected chi connectivity index (χ3v) is 5.25. The summed E-state index contributed by atoms with van der Waals surface area (Å²) >= 11 is 7.51. The van der Waals surface area contributed by atoms with E-state index >= 15 is 0 Å². The van der Waals surface area contributed by atoms with Crippen LogP contribution in [0.5, 0.6) is 5.75 Å². The number of hydrogen-bond acceptors (Lipinski definition) is 5. The van der Waals surface area contributed by atoms with E-state index in [2.05, 4.69) is 10.3 Å². The van der Waals surface area contributed by atoms with Crippen molar-refractivity contribution in [1.29, 1.82) is 0 Å². The number of anilines is 1. The fourth-order valence-corrected chi connectivity index (χ4v) is 3.52. The molecule has 29 heavy (non-hydrogen) atoms. The third kappa shape index (κ3) is 6.00. The first kappa shape index (κ1) is 20.8. The second kappa shape index (κ2) is 9.49. The Hall–Kier alpha value is -2.97. The molecular weight excluding hydrogens is 412 g/mol. The van der Waals surface area contributed by atoms with Crippen molar-refractivity contribution in [3.05, 3.63) is 65.4 Å². The van der Waals surface area contributed by atoms with Gasteiger partial charge in [0, 0.05) is 29.4 Å². The average molecular weight is 431 g/mol. The Morgan fingerprint density at radius 1 is 1.24 bits per heavy atom. The topological polar surface area (TPSA) is 99.2 Å². The number of nitrogens with zero attached hydrogens (tertiary/aromatic N) is 2. The van der Waals surface area contributed by atoms with Crippen molar-refractivity contribution in [2.45, 2.75) is 16.5 Å². The van der Waals surface area contributed by atoms with Gasteiger partial charge in [0.25, 0.3) is 5.91 Å². The number of benzene rings is 2. The van der Waals surface area contributed by atoms with E-state index in [9.17, 15) is 9.59 Å². The lowest BCUT2D eigenvalue weighted by Gasteiger charge is -2.12. The molecule has 2 aromatic carbocycles. The van der Waals surface area contributed by atoms with Crippen molar-refractivity contribution in [1.82, 2.24) is 9.55 Å². The van der Waals surface area contributed by atoms with Crippen molar-refractivity contribution < 1.29 is 14.3 Å². The van der Waals surface area contributed by atoms with E-state index in [0.717, 1.165) is 15.6 Å². The van der Waals surface area contributed by atoms with Gasteiger partial charge in [0.05, 0.1) is 12.1 Å². The Morgan fingerprint density at radius 3 is 2.66 bits per heavy atom. The van der Waals surface area contributed by atoms with Gasteiger partial charge in [-0.05, 0) is 47.7 Å². The summed E-state index contributed by atoms with van der Waals surface area (Å²) < 4.78 is 7.40. The molecule has 2 amide bonds. The van der Waals surface area contributed by atoms with Gasteiger partial charge < -0.3 is 20.4 Å². The average Bonchev–Trinajstić information content (AvgIpc) is 3.07. The van der Waals surface area contributed by atoms with Crippen LogP contribution < -0.4 is 15.8 Å². The minimum absolute atomic E-state index is 0.159. The van der Waals surface area contributed by atoms with Crippen LogP contribution in [-0.4, -0.2) is 28.0 Å². The van der Waals surface area contributed by atoms with Gasteiger partial charge in [-0.1, -0.05) is 23.7 Å². The molecule has 0 aliphatic carbocycles. The monoisotopic (exact) mass is 430 g/mol. The summed E-state index contributed by atoms with van der Waals surface area (Å²) in [6.07, 6.45) is 3.71. The lowest BCUT2D eigenvalue weighted by atomic mass is 10.1. The molecule has 0 spiro atoms. The van der Waals surface area contributed by atoms with Gasteiger partial charge in [0.2, 0.25) is 5.91 Å². The molecule has 3 rings (SSSR count). The molecule has 3 N–H and O–H groups in total. The highest BCUT2D eigenvalue weighted by atomic mass is 35.5. The lowest BCUT2D eigenvalue weighted by Crippen LogP contribution is -2.20. The molecular formula is C20H19ClN4O3S. The number of nitrogens with two attached hydrogens (primary N) is 1. The third-order valence-electron chi connectivity index (χ3n) is 3.87. The van der Waals surface area contributed by atoms with E-state index in [1.807, 2.05) is 23.9 Å². The van der Waals surface area contributed by atoms with Crippen LogP contribution in [0.2, 0.25) is 5.02 Å². The van der Waals surface area contributed by atoms with Crippen LogP contribution in [0, 0.1) is 0 Å². The number of carbonyl (C=O) groups is 2. The second-order valence-corrected chi connectivity index (χ2v) is 7.63. The van der Waals surface area contributed by atoms with Crippen LogP contribution in [0.3, 0.4) is 0 Å². The number of aromatic nitrogens is 2. The molecule has 0 atom stereocenters. The van der Waals surface area contributed by atoms with Gasteiger partial charge >= 0.3 is 0 Å². The van der Waals surface area contributed by atoms with Gasteiger partial charge in [-0.15, -0.1) is 0 Å². The molecule has 0 bridgehead atoms. The van der Waals surface area contributed by atoms with Crippen LogP contribution in [-0.2, 0) is 23.1 Å². The van der Waals surface area contributed by atoms with Gasteiger partial charge in [0.1, 0.15) is 5.75 Å². The maximum Gasteiger partial charge on any atom is 0.262 e. The molecule has 0 fully saturated rings. The normalized spacial score (nSPS) is 10.6. The highest BCUT2D eigenvalue weighted by Gasteiger charge is 2.12. The minimum atomic E-state index is -0.404. The van der Waals surface area contributed by atoms with E-state index in [-0.39, 0.29) is 18.9 Å². The van der Waals surface area contributed by atoms with Crippen molar-refractivity contribution in [3.8, 4) is 5.75 Å². The van der Waals surface area contributed by atoms with Gasteiger partial charge in [-0.2, -0.15) is 0 Å². The maximum atomic E-state index is 12.4. The Labute approximate surface area is 177 Å². The number of hydrogen-bond donors (Lipinski definition) is 2. The summed E-state index contributed by atoms with van der Waals surface area (Å²) in [7, 11) is 1.89. The summed E-state index contributed by atoms with van der Waals surface area (Å²) in [5, 5.41) is 4.12. The first-order chi connectivity index (χ1) is 13.9. The largest absolute Gasteiger partial charge is 0.484 e. The first-order valence-corrected chi connectivity index (χ1v) is 9.85. The highest BCUT2D eigenvalue weighted by molar-refractivity contribution is 7.99. The number of rotatable bonds is 8. The number of carbonyl (C=O) groups excluding carboxylic acids is 2. The predicted octanol–water partition coefficient (Wildman–Crippen LogP) is 3.27. The van der Waals surface area contributed by atoms with E-state index in [1.54, 1.807) is 42.6 Å². The van der Waals surface area contributed by atoms with Gasteiger partial charge in [-0.25, -0.2) is 4.98 Å². The molecule has 0 radical (unpaired) electrons. The minimum Gasteiger partial charge on any atom is -0.484 e. The van der Waals surface area contributed by atoms with E-state index in [4.69, 9.17) is 22.1 Å². The zero-order valence-corrected chi connectivity index (χ0v) is 17.2. The van der Waals surface area contributed by atoms with Crippen molar-refractivity contribution in [2.75, 3.05) is 11.9 Å².